The molecule has 2 rings (SSSR count). The smallest absolute Gasteiger partial charge is 0.236 e. The van der Waals surface area contributed by atoms with Gasteiger partial charge in [0.25, 0.3) is 0 Å². The number of nitrogens with two attached hydrogens (primary N) is 1. The Balaban J connectivity index is 2.22. The first-order valence-electron chi connectivity index (χ1n) is 7.30. The third-order valence-electron chi connectivity index (χ3n) is 4.27. The standard InChI is InChI=1S/C14H25N3O2/c1-10(2)9-17(11-5-6-11)13(18)14(12(15)16-19)7-3-4-8-14/h10-11,19H,3-9H2,1-2H3,(H2,15,16). The van der Waals surface area contributed by atoms with Crippen molar-refractivity contribution < 1.29 is 10.0 Å². The van der Waals surface area contributed by atoms with E-state index in [1.54, 1.807) is 0 Å². The van der Waals surface area contributed by atoms with Crippen LogP contribution in [0.3, 0.4) is 0 Å². The van der Waals surface area contributed by atoms with Gasteiger partial charge in [0.15, 0.2) is 5.84 Å². The van der Waals surface area contributed by atoms with Crippen molar-refractivity contribution in [2.75, 3.05) is 6.54 Å². The van der Waals surface area contributed by atoms with Crippen LogP contribution in [-0.4, -0.2) is 34.4 Å². The van der Waals surface area contributed by atoms with E-state index in [9.17, 15) is 4.79 Å². The van der Waals surface area contributed by atoms with Crippen molar-refractivity contribution in [3.8, 4) is 0 Å². The normalized spacial score (nSPS) is 22.8. The quantitative estimate of drug-likeness (QED) is 0.346. The lowest BCUT2D eigenvalue weighted by atomic mass is 9.83. The van der Waals surface area contributed by atoms with Crippen molar-refractivity contribution >= 4 is 11.7 Å². The number of amides is 1. The molecule has 0 radical (unpaired) electrons. The van der Waals surface area contributed by atoms with Gasteiger partial charge in [-0.3, -0.25) is 4.79 Å². The summed E-state index contributed by atoms with van der Waals surface area (Å²) in [6, 6.07) is 0.374. The van der Waals surface area contributed by atoms with E-state index < -0.39 is 5.41 Å². The summed E-state index contributed by atoms with van der Waals surface area (Å²) < 4.78 is 0. The minimum Gasteiger partial charge on any atom is -0.409 e. The first kappa shape index (κ1) is 14.2. The third-order valence-corrected chi connectivity index (χ3v) is 4.27. The van der Waals surface area contributed by atoms with E-state index in [1.807, 2.05) is 4.90 Å². The van der Waals surface area contributed by atoms with Gasteiger partial charge < -0.3 is 15.8 Å². The first-order valence-corrected chi connectivity index (χ1v) is 7.30. The molecule has 5 nitrogen and oxygen atoms in total. The monoisotopic (exact) mass is 267 g/mol. The average molecular weight is 267 g/mol. The molecule has 0 heterocycles. The summed E-state index contributed by atoms with van der Waals surface area (Å²) in [5, 5.41) is 12.2. The highest BCUT2D eigenvalue weighted by Crippen LogP contribution is 2.42. The topological polar surface area (TPSA) is 78.9 Å². The Hall–Kier alpha value is -1.26. The molecule has 3 N–H and O–H groups in total. The largest absolute Gasteiger partial charge is 0.409 e. The summed E-state index contributed by atoms with van der Waals surface area (Å²) in [4.78, 5) is 14.9. The summed E-state index contributed by atoms with van der Waals surface area (Å²) in [5.74, 6) is 0.621. The van der Waals surface area contributed by atoms with E-state index in [1.165, 1.54) is 0 Å². The zero-order chi connectivity index (χ0) is 14.0. The lowest BCUT2D eigenvalue weighted by Crippen LogP contribution is -2.51. The van der Waals surface area contributed by atoms with E-state index >= 15 is 0 Å². The van der Waals surface area contributed by atoms with Crippen LogP contribution in [0.15, 0.2) is 5.16 Å². The summed E-state index contributed by atoms with van der Waals surface area (Å²) in [7, 11) is 0. The van der Waals surface area contributed by atoms with Crippen molar-refractivity contribution in [2.24, 2.45) is 22.2 Å². The molecule has 0 saturated heterocycles. The Morgan fingerprint density at radius 3 is 2.42 bits per heavy atom. The molecular formula is C14H25N3O2. The van der Waals surface area contributed by atoms with Crippen LogP contribution in [-0.2, 0) is 4.79 Å². The number of oxime groups is 1. The van der Waals surface area contributed by atoms with Gasteiger partial charge in [0, 0.05) is 12.6 Å². The molecule has 2 saturated carbocycles. The number of amidine groups is 1. The van der Waals surface area contributed by atoms with Crippen LogP contribution in [0.5, 0.6) is 0 Å². The number of nitrogens with zero attached hydrogens (tertiary/aromatic N) is 2. The van der Waals surface area contributed by atoms with E-state index in [-0.39, 0.29) is 11.7 Å². The van der Waals surface area contributed by atoms with Crippen LogP contribution >= 0.6 is 0 Å². The molecule has 2 aliphatic rings. The fourth-order valence-corrected chi connectivity index (χ4v) is 3.11. The molecule has 0 spiro atoms. The SMILES string of the molecule is CC(C)CN(C(=O)C1(/C(N)=N/O)CCCC1)C1CC1. The lowest BCUT2D eigenvalue weighted by molar-refractivity contribution is -0.139. The zero-order valence-electron chi connectivity index (χ0n) is 11.9. The number of carbonyl (C=O) groups excluding carboxylic acids is 1. The molecule has 0 aromatic heterocycles. The molecule has 0 aliphatic heterocycles. The molecule has 1 amide bonds. The molecule has 5 heteroatoms. The van der Waals surface area contributed by atoms with E-state index in [2.05, 4.69) is 19.0 Å². The number of rotatable bonds is 5. The van der Waals surface area contributed by atoms with Gasteiger partial charge in [-0.1, -0.05) is 31.8 Å². The highest BCUT2D eigenvalue weighted by atomic mass is 16.4. The molecule has 2 fully saturated rings. The zero-order valence-corrected chi connectivity index (χ0v) is 11.9. The van der Waals surface area contributed by atoms with Crippen molar-refractivity contribution in [1.82, 2.24) is 4.90 Å². The summed E-state index contributed by atoms with van der Waals surface area (Å²) in [6.45, 7) is 5.00. The van der Waals surface area contributed by atoms with Crippen LogP contribution in [0.1, 0.15) is 52.4 Å². The van der Waals surface area contributed by atoms with Gasteiger partial charge in [-0.05, 0) is 31.6 Å². The maximum Gasteiger partial charge on any atom is 0.236 e. The van der Waals surface area contributed by atoms with Crippen LogP contribution in [0, 0.1) is 11.3 Å². The predicted octanol–water partition coefficient (Wildman–Crippen LogP) is 1.94. The fourth-order valence-electron chi connectivity index (χ4n) is 3.11. The van der Waals surface area contributed by atoms with Gasteiger partial charge in [0.2, 0.25) is 5.91 Å². The lowest BCUT2D eigenvalue weighted by Gasteiger charge is -2.34. The van der Waals surface area contributed by atoms with E-state index in [0.29, 0.717) is 24.8 Å². The number of carbonyl (C=O) groups is 1. The Morgan fingerprint density at radius 1 is 1.42 bits per heavy atom. The molecule has 19 heavy (non-hydrogen) atoms. The van der Waals surface area contributed by atoms with Crippen molar-refractivity contribution in [1.29, 1.82) is 0 Å². The minimum atomic E-state index is -0.744. The highest BCUT2D eigenvalue weighted by molar-refractivity contribution is 6.07. The van der Waals surface area contributed by atoms with Crippen molar-refractivity contribution in [3.63, 3.8) is 0 Å². The molecule has 0 atom stereocenters. The maximum absolute atomic E-state index is 12.9. The van der Waals surface area contributed by atoms with Gasteiger partial charge >= 0.3 is 0 Å². The molecule has 0 aromatic rings. The van der Waals surface area contributed by atoms with Gasteiger partial charge in [0.05, 0.1) is 0 Å². The molecular weight excluding hydrogens is 242 g/mol. The van der Waals surface area contributed by atoms with Gasteiger partial charge in [0.1, 0.15) is 5.41 Å². The van der Waals surface area contributed by atoms with Crippen LogP contribution in [0.25, 0.3) is 0 Å². The van der Waals surface area contributed by atoms with Gasteiger partial charge in [-0.15, -0.1) is 0 Å². The molecule has 0 unspecified atom stereocenters. The predicted molar refractivity (Wildman–Crippen MR) is 73.9 cm³/mol. The second kappa shape index (κ2) is 5.39. The van der Waals surface area contributed by atoms with Gasteiger partial charge in [-0.2, -0.15) is 0 Å². The third kappa shape index (κ3) is 2.69. The molecule has 2 aliphatic carbocycles. The van der Waals surface area contributed by atoms with E-state index in [4.69, 9.17) is 10.9 Å². The Kier molecular flexibility index (Phi) is 4.02. The summed E-state index contributed by atoms with van der Waals surface area (Å²) in [5.41, 5.74) is 5.11. The summed E-state index contributed by atoms with van der Waals surface area (Å²) >= 11 is 0. The average Bonchev–Trinajstić information content (AvgIpc) is 3.10. The fraction of sp³-hybridized carbons (Fsp3) is 0.857. The van der Waals surface area contributed by atoms with Crippen molar-refractivity contribution in [2.45, 2.75) is 58.4 Å². The Bertz CT molecular complexity index is 369. The molecule has 0 aromatic carbocycles. The number of hydrogen-bond acceptors (Lipinski definition) is 3. The van der Waals surface area contributed by atoms with Crippen LogP contribution in [0.4, 0.5) is 0 Å². The Labute approximate surface area is 114 Å². The maximum atomic E-state index is 12.9. The van der Waals surface area contributed by atoms with Gasteiger partial charge in [-0.25, -0.2) is 0 Å². The first-order chi connectivity index (χ1) is 9.01. The molecule has 108 valence electrons. The second-order valence-electron chi connectivity index (χ2n) is 6.36. The number of hydrogen-bond donors (Lipinski definition) is 2. The van der Waals surface area contributed by atoms with Crippen molar-refractivity contribution in [3.05, 3.63) is 0 Å². The Morgan fingerprint density at radius 2 is 2.00 bits per heavy atom. The minimum absolute atomic E-state index is 0.0801. The van der Waals surface area contributed by atoms with Crippen LogP contribution < -0.4 is 5.73 Å². The van der Waals surface area contributed by atoms with E-state index in [0.717, 1.165) is 32.2 Å². The molecule has 0 bridgehead atoms. The highest BCUT2D eigenvalue weighted by Gasteiger charge is 2.50. The summed E-state index contributed by atoms with van der Waals surface area (Å²) in [6.07, 6.45) is 5.55. The second-order valence-corrected chi connectivity index (χ2v) is 6.36. The van der Waals surface area contributed by atoms with Crippen LogP contribution in [0.2, 0.25) is 0 Å².